The van der Waals surface area contributed by atoms with Gasteiger partial charge in [0.25, 0.3) is 11.6 Å². The number of para-hydroxylation sites is 2. The van der Waals surface area contributed by atoms with Gasteiger partial charge >= 0.3 is 0 Å². The molecule has 0 unspecified atom stereocenters. The van der Waals surface area contributed by atoms with Crippen molar-refractivity contribution in [3.05, 3.63) is 112 Å². The van der Waals surface area contributed by atoms with E-state index in [4.69, 9.17) is 4.42 Å². The third kappa shape index (κ3) is 6.81. The molecule has 10 nitrogen and oxygen atoms in total. The summed E-state index contributed by atoms with van der Waals surface area (Å²) in [5.74, 6) is 0.0993. The van der Waals surface area contributed by atoms with Crippen LogP contribution in [0.4, 0.5) is 17.1 Å². The highest BCUT2D eigenvalue weighted by Crippen LogP contribution is 2.43. The Morgan fingerprint density at radius 1 is 0.930 bits per heavy atom. The van der Waals surface area contributed by atoms with E-state index in [1.54, 1.807) is 36.1 Å². The molecule has 3 aromatic carbocycles. The van der Waals surface area contributed by atoms with Crippen LogP contribution < -0.4 is 15.5 Å². The molecule has 0 fully saturated rings. The van der Waals surface area contributed by atoms with Crippen LogP contribution in [0.3, 0.4) is 0 Å². The van der Waals surface area contributed by atoms with Crippen molar-refractivity contribution in [3.63, 3.8) is 0 Å². The highest BCUT2D eigenvalue weighted by Gasteiger charge is 2.39. The first-order valence-corrected chi connectivity index (χ1v) is 14.1. The van der Waals surface area contributed by atoms with Crippen LogP contribution in [-0.2, 0) is 9.59 Å². The summed E-state index contributed by atoms with van der Waals surface area (Å²) in [5.41, 5.74) is 7.73. The van der Waals surface area contributed by atoms with Crippen LogP contribution in [0.2, 0.25) is 0 Å². The summed E-state index contributed by atoms with van der Waals surface area (Å²) < 4.78 is 5.92. The maximum atomic E-state index is 13.8. The molecule has 5 rings (SSSR count). The summed E-state index contributed by atoms with van der Waals surface area (Å²) in [6, 6.07) is 26.1. The van der Waals surface area contributed by atoms with Gasteiger partial charge in [0.05, 0.1) is 11.0 Å². The number of anilines is 2. The molecule has 0 aliphatic carbocycles. The Morgan fingerprint density at radius 2 is 1.56 bits per heavy atom. The van der Waals surface area contributed by atoms with Gasteiger partial charge in [-0.05, 0) is 61.4 Å². The number of rotatable bonds is 7. The van der Waals surface area contributed by atoms with E-state index in [1.165, 1.54) is 12.1 Å². The highest BCUT2D eigenvalue weighted by molar-refractivity contribution is 6.06. The zero-order chi connectivity index (χ0) is 31.1. The summed E-state index contributed by atoms with van der Waals surface area (Å²) in [5, 5.41) is 11.0. The standard InChI is InChI=1S/C30H27N3O5.C3H7NO/c1-3-29(34)32(22-9-5-4-6-10-22)26-19-20(2)31(25-12-8-7-11-24(25)26)30(35)28-18-17-27(38-28)21-13-15-23(16-14-21)33(36)37;1-2-3(4)5/h4-18,20,26H,3,19H2,1-2H3;2H2,1H3,(H2,4,5)/t20-,26+;/m1./s1. The van der Waals surface area contributed by atoms with Gasteiger partial charge in [-0.15, -0.1) is 0 Å². The van der Waals surface area contributed by atoms with Gasteiger partial charge in [-0.2, -0.15) is 0 Å². The largest absolute Gasteiger partial charge is 0.451 e. The van der Waals surface area contributed by atoms with E-state index in [0.717, 1.165) is 16.9 Å². The Morgan fingerprint density at radius 3 is 2.16 bits per heavy atom. The van der Waals surface area contributed by atoms with Crippen LogP contribution in [0.1, 0.15) is 62.2 Å². The van der Waals surface area contributed by atoms with E-state index in [2.05, 4.69) is 5.73 Å². The van der Waals surface area contributed by atoms with Crippen molar-refractivity contribution in [2.75, 3.05) is 9.80 Å². The molecule has 2 heterocycles. The van der Waals surface area contributed by atoms with E-state index in [9.17, 15) is 24.5 Å². The van der Waals surface area contributed by atoms with Gasteiger partial charge in [0, 0.05) is 48.0 Å². The Kier molecular flexibility index (Phi) is 9.72. The molecular weight excluding hydrogens is 548 g/mol. The average molecular weight is 583 g/mol. The predicted molar refractivity (Wildman–Crippen MR) is 165 cm³/mol. The maximum absolute atomic E-state index is 13.8. The average Bonchev–Trinajstić information content (AvgIpc) is 3.52. The summed E-state index contributed by atoms with van der Waals surface area (Å²) in [4.78, 5) is 50.6. The van der Waals surface area contributed by atoms with Crippen LogP contribution in [0.25, 0.3) is 11.3 Å². The fourth-order valence-corrected chi connectivity index (χ4v) is 5.07. The fourth-order valence-electron chi connectivity index (χ4n) is 5.07. The molecule has 222 valence electrons. The third-order valence-corrected chi connectivity index (χ3v) is 7.22. The van der Waals surface area contributed by atoms with Gasteiger partial charge in [0.2, 0.25) is 11.8 Å². The minimum atomic E-state index is -0.462. The van der Waals surface area contributed by atoms with Gasteiger partial charge in [-0.1, -0.05) is 50.2 Å². The molecule has 2 N–H and O–H groups in total. The Labute approximate surface area is 249 Å². The van der Waals surface area contributed by atoms with Crippen molar-refractivity contribution in [1.29, 1.82) is 0 Å². The molecule has 43 heavy (non-hydrogen) atoms. The van der Waals surface area contributed by atoms with Crippen LogP contribution in [0.15, 0.2) is 95.4 Å². The molecule has 1 aromatic heterocycles. The van der Waals surface area contributed by atoms with Crippen LogP contribution in [-0.4, -0.2) is 28.7 Å². The van der Waals surface area contributed by atoms with Crippen molar-refractivity contribution in [2.24, 2.45) is 5.73 Å². The Bertz CT molecular complexity index is 1600. The van der Waals surface area contributed by atoms with Crippen LogP contribution >= 0.6 is 0 Å². The molecule has 1 aliphatic heterocycles. The fraction of sp³-hybridized carbons (Fsp3) is 0.242. The quantitative estimate of drug-likeness (QED) is 0.191. The first-order chi connectivity index (χ1) is 20.7. The summed E-state index contributed by atoms with van der Waals surface area (Å²) in [6.07, 6.45) is 1.36. The molecule has 2 atom stereocenters. The molecule has 10 heteroatoms. The van der Waals surface area contributed by atoms with E-state index in [0.29, 0.717) is 30.6 Å². The molecular formula is C33H34N4O6. The summed E-state index contributed by atoms with van der Waals surface area (Å²) in [7, 11) is 0. The molecule has 0 bridgehead atoms. The van der Waals surface area contributed by atoms with Crippen molar-refractivity contribution >= 4 is 34.8 Å². The molecule has 0 radical (unpaired) electrons. The minimum Gasteiger partial charge on any atom is -0.451 e. The van der Waals surface area contributed by atoms with Crippen molar-refractivity contribution in [2.45, 2.75) is 52.1 Å². The van der Waals surface area contributed by atoms with Gasteiger partial charge in [0.15, 0.2) is 5.76 Å². The van der Waals surface area contributed by atoms with E-state index in [-0.39, 0.29) is 41.3 Å². The number of primary amides is 1. The van der Waals surface area contributed by atoms with Gasteiger partial charge in [-0.3, -0.25) is 24.5 Å². The molecule has 1 aliphatic rings. The highest BCUT2D eigenvalue weighted by atomic mass is 16.6. The number of hydrogen-bond donors (Lipinski definition) is 1. The van der Waals surface area contributed by atoms with Gasteiger partial charge in [-0.25, -0.2) is 0 Å². The second kappa shape index (κ2) is 13.6. The molecule has 0 saturated heterocycles. The lowest BCUT2D eigenvalue weighted by atomic mass is 9.89. The smallest absolute Gasteiger partial charge is 0.294 e. The molecule has 4 aromatic rings. The number of benzene rings is 3. The number of amides is 3. The first kappa shape index (κ1) is 30.7. The second-order valence-corrected chi connectivity index (χ2v) is 10.1. The number of hydrogen-bond acceptors (Lipinski definition) is 6. The van der Waals surface area contributed by atoms with Gasteiger partial charge < -0.3 is 20.0 Å². The number of fused-ring (bicyclic) bond motifs is 1. The number of non-ortho nitro benzene ring substituents is 1. The summed E-state index contributed by atoms with van der Waals surface area (Å²) in [6.45, 7) is 5.55. The van der Waals surface area contributed by atoms with Crippen LogP contribution in [0, 0.1) is 10.1 Å². The maximum Gasteiger partial charge on any atom is 0.294 e. The zero-order valence-corrected chi connectivity index (χ0v) is 24.3. The molecule has 3 amide bonds. The van der Waals surface area contributed by atoms with Gasteiger partial charge in [0.1, 0.15) is 5.76 Å². The lowest BCUT2D eigenvalue weighted by molar-refractivity contribution is -0.384. The monoisotopic (exact) mass is 582 g/mol. The number of nitrogens with zero attached hydrogens (tertiary/aromatic N) is 3. The third-order valence-electron chi connectivity index (χ3n) is 7.22. The number of carbonyl (C=O) groups is 3. The number of nitrogens with two attached hydrogens (primary N) is 1. The first-order valence-electron chi connectivity index (χ1n) is 14.1. The van der Waals surface area contributed by atoms with E-state index < -0.39 is 4.92 Å². The number of furan rings is 1. The minimum absolute atomic E-state index is 0.0155. The Balaban J connectivity index is 0.000000782. The lowest BCUT2D eigenvalue weighted by Gasteiger charge is -2.43. The van der Waals surface area contributed by atoms with E-state index in [1.807, 2.05) is 73.3 Å². The van der Waals surface area contributed by atoms with Crippen molar-refractivity contribution in [3.8, 4) is 11.3 Å². The number of nitro benzene ring substituents is 1. The van der Waals surface area contributed by atoms with Crippen molar-refractivity contribution < 1.29 is 23.7 Å². The molecule has 0 saturated carbocycles. The van der Waals surface area contributed by atoms with Crippen LogP contribution in [0.5, 0.6) is 0 Å². The van der Waals surface area contributed by atoms with Crippen molar-refractivity contribution in [1.82, 2.24) is 0 Å². The normalized spacial score (nSPS) is 15.5. The topological polar surface area (TPSA) is 140 Å². The second-order valence-electron chi connectivity index (χ2n) is 10.1. The Hall–Kier alpha value is -5.25. The summed E-state index contributed by atoms with van der Waals surface area (Å²) >= 11 is 0. The van der Waals surface area contributed by atoms with E-state index >= 15 is 0 Å². The number of carbonyl (C=O) groups excluding carboxylic acids is 3. The lowest BCUT2D eigenvalue weighted by Crippen LogP contribution is -2.47. The predicted octanol–water partition coefficient (Wildman–Crippen LogP) is 6.66. The SMILES string of the molecule is CCC(=O)N(c1ccccc1)[C@H]1C[C@@H](C)N(C(=O)c2ccc(-c3ccc([N+](=O)[O-])cc3)o2)c2ccccc21.CCC(N)=O. The molecule has 0 spiro atoms. The number of nitro groups is 1. The zero-order valence-electron chi connectivity index (χ0n) is 24.3.